The van der Waals surface area contributed by atoms with Gasteiger partial charge in [0.2, 0.25) is 0 Å². The van der Waals surface area contributed by atoms with Crippen molar-refractivity contribution in [2.24, 2.45) is 0 Å². The van der Waals surface area contributed by atoms with Crippen LogP contribution < -0.4 is 14.4 Å². The van der Waals surface area contributed by atoms with E-state index in [1.165, 1.54) is 12.0 Å². The van der Waals surface area contributed by atoms with Crippen LogP contribution in [0.1, 0.15) is 28.5 Å². The highest BCUT2D eigenvalue weighted by Crippen LogP contribution is 2.42. The van der Waals surface area contributed by atoms with Crippen molar-refractivity contribution in [3.63, 3.8) is 0 Å². The predicted octanol–water partition coefficient (Wildman–Crippen LogP) is 5.20. The lowest BCUT2D eigenvalue weighted by Crippen LogP contribution is -2.29. The lowest BCUT2D eigenvalue weighted by molar-refractivity contribution is -0.132. The summed E-state index contributed by atoms with van der Waals surface area (Å²) >= 11 is 0. The second-order valence-corrected chi connectivity index (χ2v) is 8.54. The van der Waals surface area contributed by atoms with Gasteiger partial charge in [0.05, 0.1) is 18.7 Å². The van der Waals surface area contributed by atoms with Crippen molar-refractivity contribution in [2.45, 2.75) is 19.6 Å². The number of nitrogens with zero attached hydrogens (tertiary/aromatic N) is 2. The van der Waals surface area contributed by atoms with Crippen LogP contribution >= 0.6 is 0 Å². The summed E-state index contributed by atoms with van der Waals surface area (Å²) in [5.41, 5.74) is 1.96. The Morgan fingerprint density at radius 3 is 2.27 bits per heavy atom. The summed E-state index contributed by atoms with van der Waals surface area (Å²) in [4.78, 5) is 27.6. The molecule has 2 heterocycles. The number of carbonyl (C=O) groups excluding carboxylic acids is 2. The summed E-state index contributed by atoms with van der Waals surface area (Å²) in [7, 11) is 1.54. The van der Waals surface area contributed by atoms with E-state index in [2.05, 4.69) is 5.16 Å². The summed E-state index contributed by atoms with van der Waals surface area (Å²) in [5.74, 6) is -0.0350. The van der Waals surface area contributed by atoms with Gasteiger partial charge in [-0.3, -0.25) is 14.5 Å². The zero-order valence-electron chi connectivity index (χ0n) is 20.3. The first-order valence-electron chi connectivity index (χ1n) is 11.6. The Bertz CT molecular complexity index is 1460. The molecule has 4 aromatic rings. The molecule has 1 aliphatic heterocycles. The number of carbonyl (C=O) groups is 2. The van der Waals surface area contributed by atoms with Gasteiger partial charge in [0, 0.05) is 11.6 Å². The SMILES string of the molecule is COc1ccc(/C(O)=C2\C(=O)C(=O)N(c3cc(C)on3)[C@H]2c2ccc(OCc3ccccc3)cc2)cc1. The Hall–Kier alpha value is -4.85. The van der Waals surface area contributed by atoms with Gasteiger partial charge in [-0.1, -0.05) is 47.6 Å². The molecule has 0 spiro atoms. The van der Waals surface area contributed by atoms with Crippen molar-refractivity contribution >= 4 is 23.3 Å². The van der Waals surface area contributed by atoms with Crippen LogP contribution in [0.2, 0.25) is 0 Å². The van der Waals surface area contributed by atoms with Gasteiger partial charge in [-0.15, -0.1) is 0 Å². The van der Waals surface area contributed by atoms with Crippen LogP contribution in [0.15, 0.2) is 95.0 Å². The van der Waals surface area contributed by atoms with Crippen LogP contribution in [0.5, 0.6) is 11.5 Å². The zero-order chi connectivity index (χ0) is 25.9. The van der Waals surface area contributed by atoms with E-state index < -0.39 is 17.7 Å². The van der Waals surface area contributed by atoms with E-state index in [0.717, 1.165) is 5.56 Å². The average Bonchev–Trinajstić information content (AvgIpc) is 3.48. The average molecular weight is 497 g/mol. The standard InChI is InChI=1S/C29H24N2O6/c1-18-16-24(30-37-18)31-26(20-8-14-23(15-9-20)36-17-19-6-4-3-5-7-19)25(28(33)29(31)34)27(32)21-10-12-22(35-2)13-11-21/h3-16,26,32H,17H2,1-2H3/b27-25+/t26-/m0/s1. The van der Waals surface area contributed by atoms with Crippen LogP contribution in [0.25, 0.3) is 5.76 Å². The lowest BCUT2D eigenvalue weighted by Gasteiger charge is -2.23. The van der Waals surface area contributed by atoms with E-state index in [4.69, 9.17) is 14.0 Å². The van der Waals surface area contributed by atoms with Crippen molar-refractivity contribution in [2.75, 3.05) is 12.0 Å². The van der Waals surface area contributed by atoms with Gasteiger partial charge in [-0.2, -0.15) is 0 Å². The quantitative estimate of drug-likeness (QED) is 0.213. The normalized spacial score (nSPS) is 16.7. The summed E-state index contributed by atoms with van der Waals surface area (Å²) in [6.45, 7) is 2.09. The smallest absolute Gasteiger partial charge is 0.301 e. The maximum Gasteiger partial charge on any atom is 0.301 e. The maximum absolute atomic E-state index is 13.2. The van der Waals surface area contributed by atoms with Gasteiger partial charge in [0.1, 0.15) is 29.6 Å². The first kappa shape index (κ1) is 23.9. The number of rotatable bonds is 7. The number of aliphatic hydroxyl groups excluding tert-OH is 1. The second kappa shape index (κ2) is 10.0. The molecule has 5 rings (SSSR count). The molecule has 3 aromatic carbocycles. The molecule has 1 atom stereocenters. The first-order chi connectivity index (χ1) is 18.0. The minimum absolute atomic E-state index is 0.0474. The van der Waals surface area contributed by atoms with Crippen LogP contribution in [0.4, 0.5) is 5.82 Å². The summed E-state index contributed by atoms with van der Waals surface area (Å²) in [5, 5.41) is 15.2. The zero-order valence-corrected chi connectivity index (χ0v) is 20.3. The molecule has 0 unspecified atom stereocenters. The van der Waals surface area contributed by atoms with Crippen LogP contribution in [-0.4, -0.2) is 29.1 Å². The number of hydrogen-bond donors (Lipinski definition) is 1. The van der Waals surface area contributed by atoms with E-state index in [1.807, 2.05) is 30.3 Å². The molecule has 0 saturated carbocycles. The van der Waals surface area contributed by atoms with Crippen LogP contribution in [0.3, 0.4) is 0 Å². The number of aromatic nitrogens is 1. The highest BCUT2D eigenvalue weighted by molar-refractivity contribution is 6.51. The molecule has 1 N–H and O–H groups in total. The Morgan fingerprint density at radius 2 is 1.65 bits per heavy atom. The second-order valence-electron chi connectivity index (χ2n) is 8.54. The number of amides is 1. The van der Waals surface area contributed by atoms with E-state index in [-0.39, 0.29) is 17.2 Å². The third kappa shape index (κ3) is 4.69. The van der Waals surface area contributed by atoms with Gasteiger partial charge < -0.3 is 19.1 Å². The molecule has 8 nitrogen and oxygen atoms in total. The highest BCUT2D eigenvalue weighted by Gasteiger charge is 2.48. The Morgan fingerprint density at radius 1 is 0.973 bits per heavy atom. The van der Waals surface area contributed by atoms with Gasteiger partial charge >= 0.3 is 5.91 Å². The number of hydrogen-bond acceptors (Lipinski definition) is 7. The molecule has 1 amide bonds. The van der Waals surface area contributed by atoms with E-state index in [9.17, 15) is 14.7 Å². The topological polar surface area (TPSA) is 102 Å². The molecular formula is C29H24N2O6. The van der Waals surface area contributed by atoms with Crippen LogP contribution in [0, 0.1) is 6.92 Å². The number of ether oxygens (including phenoxy) is 2. The number of methoxy groups -OCH3 is 1. The summed E-state index contributed by atoms with van der Waals surface area (Å²) in [6, 6.07) is 24.1. The van der Waals surface area contributed by atoms with Crippen molar-refractivity contribution in [1.82, 2.24) is 5.16 Å². The molecule has 0 radical (unpaired) electrons. The fraction of sp³-hybridized carbons (Fsp3) is 0.138. The number of aryl methyl sites for hydroxylation is 1. The molecule has 1 saturated heterocycles. The lowest BCUT2D eigenvalue weighted by atomic mass is 9.95. The van der Waals surface area contributed by atoms with Crippen molar-refractivity contribution in [3.05, 3.63) is 113 Å². The monoisotopic (exact) mass is 496 g/mol. The molecule has 1 fully saturated rings. The maximum atomic E-state index is 13.2. The third-order valence-electron chi connectivity index (χ3n) is 6.11. The number of aliphatic hydroxyl groups is 1. The number of benzene rings is 3. The molecule has 8 heteroatoms. The minimum atomic E-state index is -0.922. The number of ketones is 1. The Balaban J connectivity index is 1.54. The fourth-order valence-electron chi connectivity index (χ4n) is 4.24. The van der Waals surface area contributed by atoms with Crippen molar-refractivity contribution in [3.8, 4) is 11.5 Å². The van der Waals surface area contributed by atoms with Gasteiger partial charge in [0.15, 0.2) is 5.82 Å². The Kier molecular flexibility index (Phi) is 6.47. The summed E-state index contributed by atoms with van der Waals surface area (Å²) < 4.78 is 16.2. The molecular weight excluding hydrogens is 472 g/mol. The van der Waals surface area contributed by atoms with Gasteiger partial charge in [-0.05, 0) is 54.4 Å². The van der Waals surface area contributed by atoms with Crippen molar-refractivity contribution in [1.29, 1.82) is 0 Å². The molecule has 0 bridgehead atoms. The molecule has 0 aliphatic carbocycles. The Labute approximate surface area is 213 Å². The van der Waals surface area contributed by atoms with Crippen molar-refractivity contribution < 1.29 is 28.7 Å². The fourth-order valence-corrected chi connectivity index (χ4v) is 4.24. The van der Waals surface area contributed by atoms with E-state index in [0.29, 0.717) is 35.0 Å². The minimum Gasteiger partial charge on any atom is -0.507 e. The first-order valence-corrected chi connectivity index (χ1v) is 11.6. The largest absolute Gasteiger partial charge is 0.507 e. The summed E-state index contributed by atoms with van der Waals surface area (Å²) in [6.07, 6.45) is 0. The third-order valence-corrected chi connectivity index (χ3v) is 6.11. The molecule has 186 valence electrons. The molecule has 1 aromatic heterocycles. The van der Waals surface area contributed by atoms with E-state index >= 15 is 0 Å². The molecule has 37 heavy (non-hydrogen) atoms. The van der Waals surface area contributed by atoms with Gasteiger partial charge in [0.25, 0.3) is 5.78 Å². The number of anilines is 1. The number of Topliss-reactive ketones (excluding diaryl/α,β-unsaturated/α-hetero) is 1. The highest BCUT2D eigenvalue weighted by atomic mass is 16.5. The van der Waals surface area contributed by atoms with E-state index in [1.54, 1.807) is 61.5 Å². The predicted molar refractivity (Wildman–Crippen MR) is 136 cm³/mol. The molecule has 1 aliphatic rings. The van der Waals surface area contributed by atoms with Gasteiger partial charge in [-0.25, -0.2) is 0 Å². The van der Waals surface area contributed by atoms with Crippen LogP contribution in [-0.2, 0) is 16.2 Å².